The molecule has 0 aliphatic heterocycles. The summed E-state index contributed by atoms with van der Waals surface area (Å²) in [6, 6.07) is 6.04. The van der Waals surface area contributed by atoms with Crippen LogP contribution in [0.2, 0.25) is 0 Å². The fourth-order valence-electron chi connectivity index (χ4n) is 1.98. The van der Waals surface area contributed by atoms with E-state index in [1.165, 1.54) is 0 Å². The second-order valence-electron chi connectivity index (χ2n) is 4.47. The maximum absolute atomic E-state index is 8.88. The van der Waals surface area contributed by atoms with Crippen molar-refractivity contribution in [3.05, 3.63) is 40.6 Å². The highest BCUT2D eigenvalue weighted by Crippen LogP contribution is 2.29. The Hall–Kier alpha value is -1.53. The molecule has 1 aromatic carbocycles. The lowest BCUT2D eigenvalue weighted by Gasteiger charge is -2.16. The lowest BCUT2D eigenvalue weighted by molar-refractivity contribution is 0.269. The van der Waals surface area contributed by atoms with Gasteiger partial charge in [0.05, 0.1) is 32.1 Å². The van der Waals surface area contributed by atoms with Gasteiger partial charge in [0.15, 0.2) is 0 Å². The summed E-state index contributed by atoms with van der Waals surface area (Å²) in [4.78, 5) is 0. The molecule has 0 fully saturated rings. The number of hydrogen-bond donors (Lipinski definition) is 2. The lowest BCUT2D eigenvalue weighted by Crippen LogP contribution is -2.07. The minimum atomic E-state index is 0.0840. The van der Waals surface area contributed by atoms with E-state index in [0.29, 0.717) is 6.54 Å². The SMILES string of the molecule is COc1ccc(C(C)Nc2cnn(CCO)c2)c(Br)c1. The van der Waals surface area contributed by atoms with Crippen LogP contribution in [0.3, 0.4) is 0 Å². The average molecular weight is 340 g/mol. The minimum Gasteiger partial charge on any atom is -0.497 e. The predicted molar refractivity (Wildman–Crippen MR) is 82.0 cm³/mol. The molecule has 1 aromatic heterocycles. The van der Waals surface area contributed by atoms with Crippen LogP contribution in [-0.2, 0) is 6.54 Å². The van der Waals surface area contributed by atoms with E-state index in [2.05, 4.69) is 33.3 Å². The summed E-state index contributed by atoms with van der Waals surface area (Å²) in [5, 5.41) is 16.4. The number of hydrogen-bond acceptors (Lipinski definition) is 4. The van der Waals surface area contributed by atoms with Gasteiger partial charge in [-0.15, -0.1) is 0 Å². The van der Waals surface area contributed by atoms with E-state index < -0.39 is 0 Å². The average Bonchev–Trinajstić information content (AvgIpc) is 2.86. The van der Waals surface area contributed by atoms with Crippen molar-refractivity contribution in [2.75, 3.05) is 19.0 Å². The Morgan fingerprint density at radius 3 is 2.95 bits per heavy atom. The Labute approximate surface area is 126 Å². The van der Waals surface area contributed by atoms with Gasteiger partial charge in [0.25, 0.3) is 0 Å². The van der Waals surface area contributed by atoms with Crippen molar-refractivity contribution < 1.29 is 9.84 Å². The van der Waals surface area contributed by atoms with Gasteiger partial charge in [-0.2, -0.15) is 5.10 Å². The summed E-state index contributed by atoms with van der Waals surface area (Å²) in [6.45, 7) is 2.67. The normalized spacial score (nSPS) is 12.2. The maximum Gasteiger partial charge on any atom is 0.120 e. The fourth-order valence-corrected chi connectivity index (χ4v) is 2.68. The highest BCUT2D eigenvalue weighted by molar-refractivity contribution is 9.10. The van der Waals surface area contributed by atoms with Gasteiger partial charge in [-0.1, -0.05) is 22.0 Å². The van der Waals surface area contributed by atoms with Gasteiger partial charge in [0.2, 0.25) is 0 Å². The lowest BCUT2D eigenvalue weighted by atomic mass is 10.1. The molecule has 0 bridgehead atoms. The number of benzene rings is 1. The van der Waals surface area contributed by atoms with Crippen molar-refractivity contribution in [2.45, 2.75) is 19.5 Å². The zero-order chi connectivity index (χ0) is 14.5. The molecule has 0 aliphatic rings. The van der Waals surface area contributed by atoms with Gasteiger partial charge in [0, 0.05) is 16.7 Å². The molecule has 1 unspecified atom stereocenters. The van der Waals surface area contributed by atoms with E-state index in [4.69, 9.17) is 9.84 Å². The number of anilines is 1. The predicted octanol–water partition coefficient (Wildman–Crippen LogP) is 2.82. The summed E-state index contributed by atoms with van der Waals surface area (Å²) in [5.74, 6) is 0.823. The number of methoxy groups -OCH3 is 1. The van der Waals surface area contributed by atoms with Crippen LogP contribution in [0, 0.1) is 0 Å². The molecule has 2 N–H and O–H groups in total. The number of ether oxygens (including phenoxy) is 1. The molecule has 0 radical (unpaired) electrons. The second-order valence-corrected chi connectivity index (χ2v) is 5.32. The number of aliphatic hydroxyl groups excluding tert-OH is 1. The summed E-state index contributed by atoms with van der Waals surface area (Å²) in [5.41, 5.74) is 2.06. The van der Waals surface area contributed by atoms with Crippen molar-refractivity contribution in [2.24, 2.45) is 0 Å². The van der Waals surface area contributed by atoms with Gasteiger partial charge in [0.1, 0.15) is 5.75 Å². The van der Waals surface area contributed by atoms with Crippen molar-refractivity contribution in [3.8, 4) is 5.75 Å². The van der Waals surface area contributed by atoms with Gasteiger partial charge < -0.3 is 15.2 Å². The van der Waals surface area contributed by atoms with E-state index in [-0.39, 0.29) is 12.6 Å². The number of aromatic nitrogens is 2. The summed E-state index contributed by atoms with van der Waals surface area (Å²) >= 11 is 3.56. The molecule has 108 valence electrons. The van der Waals surface area contributed by atoms with Gasteiger partial charge in [-0.3, -0.25) is 4.68 Å². The van der Waals surface area contributed by atoms with E-state index in [0.717, 1.165) is 21.5 Å². The molecule has 1 heterocycles. The number of nitrogens with zero attached hydrogens (tertiary/aromatic N) is 2. The molecule has 0 spiro atoms. The van der Waals surface area contributed by atoms with Crippen LogP contribution in [0.5, 0.6) is 5.75 Å². The van der Waals surface area contributed by atoms with Crippen LogP contribution >= 0.6 is 15.9 Å². The second kappa shape index (κ2) is 6.76. The number of halogens is 1. The smallest absolute Gasteiger partial charge is 0.120 e. The molecule has 20 heavy (non-hydrogen) atoms. The Morgan fingerprint density at radius 1 is 1.50 bits per heavy atom. The first kappa shape index (κ1) is 14.9. The van der Waals surface area contributed by atoms with Gasteiger partial charge in [-0.05, 0) is 24.6 Å². The first-order valence-corrected chi connectivity index (χ1v) is 7.16. The number of aliphatic hydroxyl groups is 1. The Morgan fingerprint density at radius 2 is 2.30 bits per heavy atom. The maximum atomic E-state index is 8.88. The van der Waals surface area contributed by atoms with Crippen molar-refractivity contribution >= 4 is 21.6 Å². The van der Waals surface area contributed by atoms with Crippen LogP contribution in [0.25, 0.3) is 0 Å². The zero-order valence-corrected chi connectivity index (χ0v) is 13.1. The third kappa shape index (κ3) is 3.52. The molecule has 1 atom stereocenters. The van der Waals surface area contributed by atoms with Crippen LogP contribution < -0.4 is 10.1 Å². The minimum absolute atomic E-state index is 0.0840. The van der Waals surface area contributed by atoms with Crippen molar-refractivity contribution in [1.29, 1.82) is 0 Å². The summed E-state index contributed by atoms with van der Waals surface area (Å²) < 4.78 is 7.90. The first-order valence-electron chi connectivity index (χ1n) is 6.37. The standard InChI is InChI=1S/C14H18BrN3O2/c1-10(13-4-3-12(20-2)7-14(13)15)17-11-8-16-18(9-11)5-6-19/h3-4,7-10,17,19H,5-6H2,1-2H3. The molecule has 2 rings (SSSR count). The first-order chi connectivity index (χ1) is 9.63. The van der Waals surface area contributed by atoms with E-state index in [1.807, 2.05) is 24.4 Å². The molecular formula is C14H18BrN3O2. The fraction of sp³-hybridized carbons (Fsp3) is 0.357. The molecule has 6 heteroatoms. The van der Waals surface area contributed by atoms with Crippen LogP contribution in [0.15, 0.2) is 35.1 Å². The largest absolute Gasteiger partial charge is 0.497 e. The third-order valence-electron chi connectivity index (χ3n) is 3.02. The zero-order valence-electron chi connectivity index (χ0n) is 11.5. The van der Waals surface area contributed by atoms with Gasteiger partial charge >= 0.3 is 0 Å². The summed E-state index contributed by atoms with van der Waals surface area (Å²) in [7, 11) is 1.65. The number of nitrogens with one attached hydrogen (secondary N) is 1. The Bertz CT molecular complexity index is 571. The van der Waals surface area contributed by atoms with E-state index in [9.17, 15) is 0 Å². The molecule has 0 saturated heterocycles. The summed E-state index contributed by atoms with van der Waals surface area (Å²) in [6.07, 6.45) is 3.63. The molecule has 0 amide bonds. The Kier molecular flexibility index (Phi) is 5.03. The van der Waals surface area contributed by atoms with Gasteiger partial charge in [-0.25, -0.2) is 0 Å². The molecule has 2 aromatic rings. The monoisotopic (exact) mass is 339 g/mol. The van der Waals surface area contributed by atoms with Crippen molar-refractivity contribution in [1.82, 2.24) is 9.78 Å². The topological polar surface area (TPSA) is 59.3 Å². The highest BCUT2D eigenvalue weighted by atomic mass is 79.9. The van der Waals surface area contributed by atoms with E-state index >= 15 is 0 Å². The van der Waals surface area contributed by atoms with Crippen LogP contribution in [0.4, 0.5) is 5.69 Å². The van der Waals surface area contributed by atoms with Crippen molar-refractivity contribution in [3.63, 3.8) is 0 Å². The quantitative estimate of drug-likeness (QED) is 0.849. The molecule has 0 aliphatic carbocycles. The van der Waals surface area contributed by atoms with Crippen LogP contribution in [0.1, 0.15) is 18.5 Å². The Balaban J connectivity index is 2.08. The van der Waals surface area contributed by atoms with E-state index in [1.54, 1.807) is 18.0 Å². The van der Waals surface area contributed by atoms with Crippen LogP contribution in [-0.4, -0.2) is 28.6 Å². The highest BCUT2D eigenvalue weighted by Gasteiger charge is 2.11. The molecular weight excluding hydrogens is 322 g/mol. The third-order valence-corrected chi connectivity index (χ3v) is 3.71. The molecule has 5 nitrogen and oxygen atoms in total. The molecule has 0 saturated carbocycles. The number of rotatable bonds is 6.